The summed E-state index contributed by atoms with van der Waals surface area (Å²) in [6.07, 6.45) is 1.30. The summed E-state index contributed by atoms with van der Waals surface area (Å²) in [5.41, 5.74) is 1.32. The van der Waals surface area contributed by atoms with E-state index < -0.39 is 0 Å². The number of hydrogen-bond donors (Lipinski definition) is 0. The van der Waals surface area contributed by atoms with Gasteiger partial charge < -0.3 is 14.4 Å². The van der Waals surface area contributed by atoms with Crippen molar-refractivity contribution in [3.63, 3.8) is 0 Å². The molecule has 1 aliphatic rings. The first-order valence-electron chi connectivity index (χ1n) is 7.72. The van der Waals surface area contributed by atoms with Gasteiger partial charge in [-0.3, -0.25) is 9.69 Å². The summed E-state index contributed by atoms with van der Waals surface area (Å²) >= 11 is 6.20. The largest absolute Gasteiger partial charge is 0.493 e. The average molecular weight is 374 g/mol. The molecule has 1 amide bonds. The third-order valence-electron chi connectivity index (χ3n) is 4.01. The van der Waals surface area contributed by atoms with Crippen LogP contribution < -0.4 is 19.3 Å². The second-order valence-electron chi connectivity index (χ2n) is 5.52. The van der Waals surface area contributed by atoms with E-state index in [9.17, 15) is 4.79 Å². The molecule has 0 saturated heterocycles. The number of methoxy groups -OCH3 is 2. The molecular formula is C17H16ClN5O3. The quantitative estimate of drug-likeness (QED) is 0.584. The molecule has 1 aromatic heterocycles. The van der Waals surface area contributed by atoms with Crippen LogP contribution in [0.5, 0.6) is 11.5 Å². The molecule has 0 saturated carbocycles. The van der Waals surface area contributed by atoms with E-state index >= 15 is 0 Å². The number of rotatable bonds is 5. The van der Waals surface area contributed by atoms with Crippen molar-refractivity contribution >= 4 is 29.0 Å². The lowest BCUT2D eigenvalue weighted by molar-refractivity contribution is -0.117. The van der Waals surface area contributed by atoms with E-state index in [2.05, 4.69) is 9.97 Å². The maximum atomic E-state index is 12.7. The molecule has 0 fully saturated rings. The Bertz CT molecular complexity index is 883. The second-order valence-corrected chi connectivity index (χ2v) is 5.88. The van der Waals surface area contributed by atoms with Crippen LogP contribution in [-0.4, -0.2) is 43.2 Å². The van der Waals surface area contributed by atoms with Crippen molar-refractivity contribution in [3.05, 3.63) is 35.2 Å². The smallest absolute Gasteiger partial charge is 0.248 e. The molecule has 9 heteroatoms. The fourth-order valence-corrected chi connectivity index (χ4v) is 3.06. The first-order chi connectivity index (χ1) is 12.6. The summed E-state index contributed by atoms with van der Waals surface area (Å²) < 4.78 is 10.5. The Labute approximate surface area is 155 Å². The minimum absolute atomic E-state index is 0.0238. The van der Waals surface area contributed by atoms with Crippen LogP contribution in [0, 0.1) is 11.3 Å². The predicted octanol–water partition coefficient (Wildman–Crippen LogP) is 2.02. The number of fused-ring (bicyclic) bond motifs is 1. The normalized spacial score (nSPS) is 13.2. The Morgan fingerprint density at radius 3 is 2.73 bits per heavy atom. The number of carbonyl (C=O) groups excluding carboxylic acids is 1. The minimum Gasteiger partial charge on any atom is -0.493 e. The topological polar surface area (TPSA) is 91.6 Å². The van der Waals surface area contributed by atoms with E-state index in [1.807, 2.05) is 12.1 Å². The van der Waals surface area contributed by atoms with Gasteiger partial charge in [-0.15, -0.1) is 0 Å². The van der Waals surface area contributed by atoms with Gasteiger partial charge in [0.2, 0.25) is 5.91 Å². The summed E-state index contributed by atoms with van der Waals surface area (Å²) in [7, 11) is 3.11. The van der Waals surface area contributed by atoms with Crippen molar-refractivity contribution in [1.29, 1.82) is 5.26 Å². The van der Waals surface area contributed by atoms with Gasteiger partial charge in [-0.05, 0) is 17.7 Å². The highest BCUT2D eigenvalue weighted by atomic mass is 35.5. The molecule has 2 heterocycles. The number of nitriles is 1. The highest BCUT2D eigenvalue weighted by molar-refractivity contribution is 6.33. The molecule has 1 aromatic carbocycles. The summed E-state index contributed by atoms with van der Waals surface area (Å²) in [6.45, 7) is 0.330. The van der Waals surface area contributed by atoms with Crippen LogP contribution in [0.25, 0.3) is 0 Å². The van der Waals surface area contributed by atoms with Gasteiger partial charge in [0.05, 0.1) is 33.4 Å². The lowest BCUT2D eigenvalue weighted by Gasteiger charge is -2.35. The van der Waals surface area contributed by atoms with Crippen molar-refractivity contribution in [1.82, 2.24) is 9.97 Å². The van der Waals surface area contributed by atoms with Crippen LogP contribution in [0.15, 0.2) is 24.5 Å². The SMILES string of the molecule is COc1ccc(CN2C(=O)CN(CC#N)c3c(Cl)ncnc32)cc1OC. The second kappa shape index (κ2) is 7.45. The first kappa shape index (κ1) is 17.8. The van der Waals surface area contributed by atoms with Crippen molar-refractivity contribution in [3.8, 4) is 17.6 Å². The first-order valence-corrected chi connectivity index (χ1v) is 8.10. The summed E-state index contributed by atoms with van der Waals surface area (Å²) in [4.78, 5) is 23.9. The van der Waals surface area contributed by atoms with Crippen molar-refractivity contribution in [2.24, 2.45) is 0 Å². The fourth-order valence-electron chi connectivity index (χ4n) is 2.81. The number of halogens is 1. The van der Waals surface area contributed by atoms with Gasteiger partial charge in [0, 0.05) is 0 Å². The van der Waals surface area contributed by atoms with Crippen LogP contribution in [0.4, 0.5) is 11.5 Å². The van der Waals surface area contributed by atoms with Crippen LogP contribution in [0.1, 0.15) is 5.56 Å². The van der Waals surface area contributed by atoms with Gasteiger partial charge in [-0.1, -0.05) is 17.7 Å². The molecule has 0 bridgehead atoms. The number of anilines is 2. The number of hydrogen-bond acceptors (Lipinski definition) is 7. The monoisotopic (exact) mass is 373 g/mol. The molecule has 0 unspecified atom stereocenters. The third-order valence-corrected chi connectivity index (χ3v) is 4.28. The number of amides is 1. The van der Waals surface area contributed by atoms with E-state index in [1.165, 1.54) is 11.2 Å². The summed E-state index contributed by atoms with van der Waals surface area (Å²) in [5, 5.41) is 9.21. The van der Waals surface area contributed by atoms with Crippen LogP contribution in [0.2, 0.25) is 5.15 Å². The average Bonchev–Trinajstić information content (AvgIpc) is 2.64. The molecule has 8 nitrogen and oxygen atoms in total. The molecule has 1 aliphatic heterocycles. The zero-order valence-electron chi connectivity index (χ0n) is 14.3. The summed E-state index contributed by atoms with van der Waals surface area (Å²) in [6, 6.07) is 7.45. The van der Waals surface area contributed by atoms with Gasteiger partial charge in [-0.25, -0.2) is 9.97 Å². The molecule has 2 aromatic rings. The van der Waals surface area contributed by atoms with Crippen molar-refractivity contribution in [2.45, 2.75) is 6.54 Å². The standard InChI is InChI=1S/C17H16ClN5O3/c1-25-12-4-3-11(7-13(12)26-2)8-23-14(24)9-22(6-5-19)15-16(18)20-10-21-17(15)23/h3-4,7,10H,6,8-9H2,1-2H3. The van der Waals surface area contributed by atoms with Crippen molar-refractivity contribution < 1.29 is 14.3 Å². The number of nitrogens with zero attached hydrogens (tertiary/aromatic N) is 5. The Balaban J connectivity index is 1.98. The lowest BCUT2D eigenvalue weighted by atomic mass is 10.1. The molecule has 0 atom stereocenters. The maximum absolute atomic E-state index is 12.7. The van der Waals surface area contributed by atoms with Crippen molar-refractivity contribution in [2.75, 3.05) is 37.1 Å². The molecule has 0 radical (unpaired) electrons. The molecular weight excluding hydrogens is 358 g/mol. The van der Waals surface area contributed by atoms with E-state index in [1.54, 1.807) is 31.3 Å². The number of aromatic nitrogens is 2. The maximum Gasteiger partial charge on any atom is 0.248 e. The molecule has 0 aliphatic carbocycles. The van der Waals surface area contributed by atoms with E-state index in [4.69, 9.17) is 26.3 Å². The highest BCUT2D eigenvalue weighted by Crippen LogP contribution is 2.37. The molecule has 3 rings (SSSR count). The molecule has 0 spiro atoms. The number of carbonyl (C=O) groups is 1. The molecule has 0 N–H and O–H groups in total. The van der Waals surface area contributed by atoms with Gasteiger partial charge in [-0.2, -0.15) is 5.26 Å². The minimum atomic E-state index is -0.183. The van der Waals surface area contributed by atoms with Gasteiger partial charge in [0.15, 0.2) is 22.5 Å². The zero-order valence-corrected chi connectivity index (χ0v) is 15.0. The lowest BCUT2D eigenvalue weighted by Crippen LogP contribution is -2.46. The number of benzene rings is 1. The van der Waals surface area contributed by atoms with Crippen LogP contribution >= 0.6 is 11.6 Å². The highest BCUT2D eigenvalue weighted by Gasteiger charge is 2.32. The molecule has 26 heavy (non-hydrogen) atoms. The number of ether oxygens (including phenoxy) is 2. The Morgan fingerprint density at radius 1 is 1.27 bits per heavy atom. The Morgan fingerprint density at radius 2 is 2.04 bits per heavy atom. The van der Waals surface area contributed by atoms with Gasteiger partial charge in [0.1, 0.15) is 18.6 Å². The van der Waals surface area contributed by atoms with Gasteiger partial charge in [0.25, 0.3) is 0 Å². The molecule has 134 valence electrons. The predicted molar refractivity (Wildman–Crippen MR) is 95.6 cm³/mol. The van der Waals surface area contributed by atoms with Gasteiger partial charge >= 0.3 is 0 Å². The zero-order chi connectivity index (χ0) is 18.7. The van der Waals surface area contributed by atoms with Crippen LogP contribution in [0.3, 0.4) is 0 Å². The Kier molecular flexibility index (Phi) is 5.09. The Hall–Kier alpha value is -3.05. The fraction of sp³-hybridized carbons (Fsp3) is 0.294. The third kappa shape index (κ3) is 3.21. The van der Waals surface area contributed by atoms with E-state index in [0.29, 0.717) is 23.0 Å². The van der Waals surface area contributed by atoms with Crippen LogP contribution in [-0.2, 0) is 11.3 Å². The van der Waals surface area contributed by atoms with E-state index in [-0.39, 0.29) is 30.7 Å². The summed E-state index contributed by atoms with van der Waals surface area (Å²) in [5.74, 6) is 1.37. The van der Waals surface area contributed by atoms with E-state index in [0.717, 1.165) is 5.56 Å².